The largest absolute Gasteiger partial charge is 0.316 e. The number of fused-ring (bicyclic) bond motifs is 1. The summed E-state index contributed by atoms with van der Waals surface area (Å²) in [6.07, 6.45) is 2.91. The van der Waals surface area contributed by atoms with Crippen LogP contribution < -0.4 is 5.32 Å². The van der Waals surface area contributed by atoms with E-state index in [4.69, 9.17) is 23.2 Å². The van der Waals surface area contributed by atoms with Crippen LogP contribution in [-0.4, -0.2) is 26.4 Å². The SMILES string of the molecule is Cn1c(SCC(=O)Nc2sc3c(c2C#N)CCC(C(C)(C)C)C3)nnc1-c1ccc(Cl)cc1Cl. The number of aromatic nitrogens is 3. The molecule has 4 rings (SSSR count). The van der Waals surface area contributed by atoms with E-state index in [1.54, 1.807) is 34.1 Å². The molecule has 0 aliphatic heterocycles. The Morgan fingerprint density at radius 1 is 1.35 bits per heavy atom. The molecule has 178 valence electrons. The fourth-order valence-corrected chi connectivity index (χ4v) is 6.67. The molecule has 10 heteroatoms. The summed E-state index contributed by atoms with van der Waals surface area (Å²) in [6.45, 7) is 6.79. The first kappa shape index (κ1) is 25.1. The highest BCUT2D eigenvalue weighted by Gasteiger charge is 2.32. The van der Waals surface area contributed by atoms with Crippen LogP contribution in [-0.2, 0) is 24.7 Å². The zero-order valence-corrected chi connectivity index (χ0v) is 22.6. The number of nitrogens with one attached hydrogen (secondary N) is 1. The van der Waals surface area contributed by atoms with Crippen molar-refractivity contribution in [2.75, 3.05) is 11.1 Å². The van der Waals surface area contributed by atoms with Crippen LogP contribution in [0.15, 0.2) is 23.4 Å². The lowest BCUT2D eigenvalue weighted by atomic mass is 9.72. The number of benzene rings is 1. The summed E-state index contributed by atoms with van der Waals surface area (Å²) in [7, 11) is 1.83. The summed E-state index contributed by atoms with van der Waals surface area (Å²) in [5.41, 5.74) is 2.66. The molecule has 0 spiro atoms. The minimum atomic E-state index is -0.179. The molecule has 1 aliphatic carbocycles. The number of carbonyl (C=O) groups excluding carboxylic acids is 1. The quantitative estimate of drug-likeness (QED) is 0.373. The molecule has 1 atom stereocenters. The van der Waals surface area contributed by atoms with E-state index in [-0.39, 0.29) is 17.1 Å². The Morgan fingerprint density at radius 2 is 2.12 bits per heavy atom. The molecule has 0 bridgehead atoms. The molecule has 0 radical (unpaired) electrons. The van der Waals surface area contributed by atoms with Crippen molar-refractivity contribution in [3.8, 4) is 17.5 Å². The molecule has 0 fully saturated rings. The first-order chi connectivity index (χ1) is 16.1. The number of nitriles is 1. The number of hydrogen-bond acceptors (Lipinski definition) is 6. The van der Waals surface area contributed by atoms with Crippen molar-refractivity contribution >= 4 is 57.2 Å². The van der Waals surface area contributed by atoms with Gasteiger partial charge in [0.1, 0.15) is 11.1 Å². The van der Waals surface area contributed by atoms with Gasteiger partial charge in [0.2, 0.25) is 5.91 Å². The van der Waals surface area contributed by atoms with E-state index >= 15 is 0 Å². The molecule has 6 nitrogen and oxygen atoms in total. The normalized spacial score (nSPS) is 15.6. The molecule has 1 N–H and O–H groups in total. The van der Waals surface area contributed by atoms with Gasteiger partial charge < -0.3 is 9.88 Å². The average molecular weight is 535 g/mol. The van der Waals surface area contributed by atoms with E-state index in [0.717, 1.165) is 24.8 Å². The van der Waals surface area contributed by atoms with Crippen LogP contribution in [0.5, 0.6) is 0 Å². The number of halogens is 2. The van der Waals surface area contributed by atoms with Crippen LogP contribution in [0.2, 0.25) is 10.0 Å². The predicted molar refractivity (Wildman–Crippen MR) is 140 cm³/mol. The van der Waals surface area contributed by atoms with E-state index in [0.29, 0.717) is 43.1 Å². The molecular formula is C24H25Cl2N5OS2. The summed E-state index contributed by atoms with van der Waals surface area (Å²) in [5.74, 6) is 1.14. The van der Waals surface area contributed by atoms with Gasteiger partial charge >= 0.3 is 0 Å². The van der Waals surface area contributed by atoms with Gasteiger partial charge in [0.15, 0.2) is 11.0 Å². The van der Waals surface area contributed by atoms with Gasteiger partial charge in [-0.15, -0.1) is 21.5 Å². The second-order valence-electron chi connectivity index (χ2n) is 9.45. The third-order valence-corrected chi connectivity index (χ3v) is 8.93. The van der Waals surface area contributed by atoms with E-state index < -0.39 is 0 Å². The second kappa shape index (κ2) is 9.90. The summed E-state index contributed by atoms with van der Waals surface area (Å²) < 4.78 is 1.80. The van der Waals surface area contributed by atoms with Gasteiger partial charge in [-0.25, -0.2) is 0 Å². The lowest BCUT2D eigenvalue weighted by Crippen LogP contribution is -2.26. The zero-order chi connectivity index (χ0) is 24.6. The average Bonchev–Trinajstić information content (AvgIpc) is 3.30. The fourth-order valence-electron chi connectivity index (χ4n) is 4.17. The highest BCUT2D eigenvalue weighted by Crippen LogP contribution is 2.44. The summed E-state index contributed by atoms with van der Waals surface area (Å²) in [6, 6.07) is 7.51. The van der Waals surface area contributed by atoms with Crippen LogP contribution in [0.1, 0.15) is 43.2 Å². The lowest BCUT2D eigenvalue weighted by Gasteiger charge is -2.33. The van der Waals surface area contributed by atoms with E-state index in [9.17, 15) is 10.1 Å². The summed E-state index contributed by atoms with van der Waals surface area (Å²) in [4.78, 5) is 14.0. The van der Waals surface area contributed by atoms with Gasteiger partial charge in [-0.1, -0.05) is 55.7 Å². The van der Waals surface area contributed by atoms with E-state index in [2.05, 4.69) is 42.4 Å². The molecule has 1 aliphatic rings. The zero-order valence-electron chi connectivity index (χ0n) is 19.4. The molecule has 1 amide bonds. The minimum Gasteiger partial charge on any atom is -0.316 e. The molecule has 34 heavy (non-hydrogen) atoms. The Labute approximate surface area is 217 Å². The maximum absolute atomic E-state index is 12.7. The number of amides is 1. The molecule has 0 saturated carbocycles. The van der Waals surface area contributed by atoms with Crippen molar-refractivity contribution in [3.63, 3.8) is 0 Å². The summed E-state index contributed by atoms with van der Waals surface area (Å²) in [5, 5.41) is 23.4. The van der Waals surface area contributed by atoms with Crippen molar-refractivity contribution in [2.24, 2.45) is 18.4 Å². The highest BCUT2D eigenvalue weighted by atomic mass is 35.5. The van der Waals surface area contributed by atoms with Crippen molar-refractivity contribution in [3.05, 3.63) is 44.2 Å². The molecule has 2 aromatic heterocycles. The van der Waals surface area contributed by atoms with Gasteiger partial charge in [0.05, 0.1) is 16.3 Å². The number of anilines is 1. The number of nitrogens with zero attached hydrogens (tertiary/aromatic N) is 4. The van der Waals surface area contributed by atoms with Crippen LogP contribution in [0.25, 0.3) is 11.4 Å². The fraction of sp³-hybridized carbons (Fsp3) is 0.417. The number of carbonyl (C=O) groups is 1. The van der Waals surface area contributed by atoms with Gasteiger partial charge in [0.25, 0.3) is 0 Å². The Balaban J connectivity index is 1.44. The number of thiophene rings is 1. The van der Waals surface area contributed by atoms with Crippen molar-refractivity contribution < 1.29 is 4.79 Å². The van der Waals surface area contributed by atoms with Crippen LogP contribution >= 0.6 is 46.3 Å². The molecule has 0 saturated heterocycles. The first-order valence-corrected chi connectivity index (χ1v) is 13.5. The number of rotatable bonds is 5. The van der Waals surface area contributed by atoms with Crippen molar-refractivity contribution in [1.29, 1.82) is 5.26 Å². The van der Waals surface area contributed by atoms with Gasteiger partial charge in [-0.2, -0.15) is 5.26 Å². The van der Waals surface area contributed by atoms with Crippen LogP contribution in [0.4, 0.5) is 5.00 Å². The topological polar surface area (TPSA) is 83.6 Å². The van der Waals surface area contributed by atoms with Gasteiger partial charge in [0, 0.05) is 22.5 Å². The van der Waals surface area contributed by atoms with Crippen molar-refractivity contribution in [2.45, 2.75) is 45.2 Å². The Bertz CT molecular complexity index is 1290. The molecular weight excluding hydrogens is 509 g/mol. The Hall–Kier alpha value is -2.05. The summed E-state index contributed by atoms with van der Waals surface area (Å²) >= 11 is 15.1. The molecule has 1 aromatic carbocycles. The number of hydrogen-bond donors (Lipinski definition) is 1. The molecule has 2 heterocycles. The van der Waals surface area contributed by atoms with Crippen LogP contribution in [0, 0.1) is 22.7 Å². The van der Waals surface area contributed by atoms with Crippen molar-refractivity contribution in [1.82, 2.24) is 14.8 Å². The van der Waals surface area contributed by atoms with Crippen LogP contribution in [0.3, 0.4) is 0 Å². The first-order valence-electron chi connectivity index (χ1n) is 10.9. The monoisotopic (exact) mass is 533 g/mol. The van der Waals surface area contributed by atoms with E-state index in [1.807, 2.05) is 7.05 Å². The Kier molecular flexibility index (Phi) is 7.30. The maximum Gasteiger partial charge on any atom is 0.235 e. The standard InChI is InChI=1S/C24H25Cl2N5OS2/c1-24(2,3)13-5-7-15-17(11-27)22(34-19(15)9-13)28-20(32)12-33-23-30-29-21(31(23)4)16-8-6-14(25)10-18(16)26/h6,8,10,13H,5,7,9,12H2,1-4H3,(H,28,32). The van der Waals surface area contributed by atoms with Gasteiger partial charge in [-0.05, 0) is 54.4 Å². The second-order valence-corrected chi connectivity index (χ2v) is 12.3. The lowest BCUT2D eigenvalue weighted by molar-refractivity contribution is -0.113. The predicted octanol–water partition coefficient (Wildman–Crippen LogP) is 6.60. The third-order valence-electron chi connectivity index (χ3n) is 6.19. The van der Waals surface area contributed by atoms with Gasteiger partial charge in [-0.3, -0.25) is 4.79 Å². The number of thioether (sulfide) groups is 1. The highest BCUT2D eigenvalue weighted by molar-refractivity contribution is 7.99. The van der Waals surface area contributed by atoms with E-state index in [1.165, 1.54) is 16.6 Å². The Morgan fingerprint density at radius 3 is 2.79 bits per heavy atom. The minimum absolute atomic E-state index is 0.151. The third kappa shape index (κ3) is 5.13. The maximum atomic E-state index is 12.7. The molecule has 3 aromatic rings. The molecule has 1 unspecified atom stereocenters. The smallest absolute Gasteiger partial charge is 0.235 e.